The van der Waals surface area contributed by atoms with E-state index in [1.807, 2.05) is 6.07 Å². The third kappa shape index (κ3) is 3.48. The highest BCUT2D eigenvalue weighted by atomic mass is 16.5. The van der Waals surface area contributed by atoms with E-state index in [0.717, 1.165) is 37.2 Å². The van der Waals surface area contributed by atoms with Gasteiger partial charge in [-0.3, -0.25) is 0 Å². The van der Waals surface area contributed by atoms with Crippen LogP contribution in [0.25, 0.3) is 0 Å². The van der Waals surface area contributed by atoms with Crippen molar-refractivity contribution >= 4 is 5.96 Å². The molecule has 0 aromatic carbocycles. The molecule has 2 rings (SSSR count). The van der Waals surface area contributed by atoms with E-state index < -0.39 is 0 Å². The van der Waals surface area contributed by atoms with Gasteiger partial charge >= 0.3 is 0 Å². The summed E-state index contributed by atoms with van der Waals surface area (Å²) in [7, 11) is 0. The molecule has 1 aromatic heterocycles. The molecular weight excluding hydrogens is 228 g/mol. The molecule has 1 aliphatic heterocycles. The smallest absolute Gasteiger partial charge is 0.194 e. The Morgan fingerprint density at radius 2 is 2.33 bits per heavy atom. The van der Waals surface area contributed by atoms with Crippen LogP contribution < -0.4 is 5.32 Å². The molecular formula is C13H22N4O. The molecule has 5 heteroatoms. The van der Waals surface area contributed by atoms with Gasteiger partial charge in [-0.05, 0) is 25.7 Å². The van der Waals surface area contributed by atoms with Gasteiger partial charge in [0.1, 0.15) is 12.0 Å². The van der Waals surface area contributed by atoms with Crippen LogP contribution in [0, 0.1) is 5.92 Å². The Labute approximate surface area is 108 Å². The first kappa shape index (κ1) is 12.9. The van der Waals surface area contributed by atoms with Gasteiger partial charge < -0.3 is 14.7 Å². The minimum atomic E-state index is 0.574. The highest BCUT2D eigenvalue weighted by molar-refractivity contribution is 5.80. The Kier molecular flexibility index (Phi) is 4.61. The molecule has 1 saturated heterocycles. The van der Waals surface area contributed by atoms with E-state index in [4.69, 9.17) is 4.52 Å². The molecule has 0 bridgehead atoms. The largest absolute Gasteiger partial charge is 0.364 e. The van der Waals surface area contributed by atoms with Crippen LogP contribution in [-0.2, 0) is 6.54 Å². The van der Waals surface area contributed by atoms with Crippen LogP contribution in [0.4, 0.5) is 0 Å². The average Bonchev–Trinajstić information content (AvgIpc) is 2.89. The summed E-state index contributed by atoms with van der Waals surface area (Å²) >= 11 is 0. The maximum atomic E-state index is 4.81. The summed E-state index contributed by atoms with van der Waals surface area (Å²) in [5, 5.41) is 7.22. The second kappa shape index (κ2) is 6.42. The van der Waals surface area contributed by atoms with Crippen LogP contribution in [0.2, 0.25) is 0 Å². The van der Waals surface area contributed by atoms with Gasteiger partial charge in [0.05, 0.1) is 6.54 Å². The topological polar surface area (TPSA) is 53.7 Å². The summed E-state index contributed by atoms with van der Waals surface area (Å²) in [5.74, 6) is 1.83. The van der Waals surface area contributed by atoms with Gasteiger partial charge in [-0.25, -0.2) is 4.99 Å². The number of aromatic nitrogens is 1. The van der Waals surface area contributed by atoms with Crippen LogP contribution in [0.3, 0.4) is 0 Å². The molecule has 0 saturated carbocycles. The second-order valence-electron chi connectivity index (χ2n) is 4.83. The zero-order valence-electron chi connectivity index (χ0n) is 11.2. The van der Waals surface area contributed by atoms with E-state index in [1.54, 1.807) is 6.26 Å². The first-order chi connectivity index (χ1) is 8.79. The van der Waals surface area contributed by atoms with Gasteiger partial charge in [0.15, 0.2) is 5.96 Å². The summed E-state index contributed by atoms with van der Waals surface area (Å²) in [5.41, 5.74) is 0.871. The lowest BCUT2D eigenvalue weighted by Crippen LogP contribution is -2.45. The van der Waals surface area contributed by atoms with Gasteiger partial charge in [-0.15, -0.1) is 0 Å². The van der Waals surface area contributed by atoms with Crippen LogP contribution in [-0.4, -0.2) is 35.7 Å². The number of hydrogen-bond acceptors (Lipinski definition) is 3. The predicted octanol–water partition coefficient (Wildman–Crippen LogP) is 1.87. The van der Waals surface area contributed by atoms with Gasteiger partial charge in [0.25, 0.3) is 0 Å². The molecule has 18 heavy (non-hydrogen) atoms. The highest BCUT2D eigenvalue weighted by Crippen LogP contribution is 2.16. The minimum absolute atomic E-state index is 0.574. The number of guanidine groups is 1. The van der Waals surface area contributed by atoms with Crippen molar-refractivity contribution in [3.63, 3.8) is 0 Å². The van der Waals surface area contributed by atoms with Crippen LogP contribution in [0.15, 0.2) is 21.8 Å². The van der Waals surface area contributed by atoms with Crippen molar-refractivity contribution in [2.45, 2.75) is 33.2 Å². The van der Waals surface area contributed by atoms with Crippen molar-refractivity contribution < 1.29 is 4.52 Å². The summed E-state index contributed by atoms with van der Waals surface area (Å²) in [6.45, 7) is 8.06. The van der Waals surface area contributed by atoms with Gasteiger partial charge in [-0.1, -0.05) is 12.1 Å². The average molecular weight is 250 g/mol. The molecule has 100 valence electrons. The Bertz CT molecular complexity index is 366. The molecule has 0 unspecified atom stereocenters. The zero-order valence-corrected chi connectivity index (χ0v) is 11.2. The maximum absolute atomic E-state index is 4.81. The predicted molar refractivity (Wildman–Crippen MR) is 71.3 cm³/mol. The van der Waals surface area contributed by atoms with Gasteiger partial charge in [0.2, 0.25) is 0 Å². The monoisotopic (exact) mass is 250 g/mol. The molecule has 2 heterocycles. The molecule has 0 aliphatic carbocycles. The van der Waals surface area contributed by atoms with E-state index in [9.17, 15) is 0 Å². The fourth-order valence-corrected chi connectivity index (χ4v) is 2.12. The molecule has 1 aromatic rings. The van der Waals surface area contributed by atoms with Crippen molar-refractivity contribution in [1.29, 1.82) is 0 Å². The normalized spacial score (nSPS) is 18.1. The first-order valence-corrected chi connectivity index (χ1v) is 6.72. The Hall–Kier alpha value is -1.52. The van der Waals surface area contributed by atoms with E-state index >= 15 is 0 Å². The summed E-state index contributed by atoms with van der Waals surface area (Å²) in [6.07, 6.45) is 4.07. The molecule has 0 radical (unpaired) electrons. The lowest BCUT2D eigenvalue weighted by molar-refractivity contribution is 0.273. The third-order valence-corrected chi connectivity index (χ3v) is 3.30. The summed E-state index contributed by atoms with van der Waals surface area (Å²) < 4.78 is 4.81. The number of nitrogens with one attached hydrogen (secondary N) is 1. The Morgan fingerprint density at radius 3 is 2.94 bits per heavy atom. The number of hydrogen-bond donors (Lipinski definition) is 1. The van der Waals surface area contributed by atoms with Crippen LogP contribution >= 0.6 is 0 Å². The zero-order chi connectivity index (χ0) is 12.8. The molecule has 1 N–H and O–H groups in total. The molecule has 1 fully saturated rings. The number of aliphatic imine (C=N–C) groups is 1. The lowest BCUT2D eigenvalue weighted by Gasteiger charge is -2.32. The maximum Gasteiger partial charge on any atom is 0.194 e. The number of rotatable bonds is 3. The number of nitrogens with zero attached hydrogens (tertiary/aromatic N) is 3. The number of likely N-dealkylation sites (tertiary alicyclic amines) is 1. The molecule has 0 atom stereocenters. The summed E-state index contributed by atoms with van der Waals surface area (Å²) in [6, 6.07) is 1.85. The molecule has 0 amide bonds. The Balaban J connectivity index is 1.96. The quantitative estimate of drug-likeness (QED) is 0.657. The third-order valence-electron chi connectivity index (χ3n) is 3.30. The molecule has 5 nitrogen and oxygen atoms in total. The second-order valence-corrected chi connectivity index (χ2v) is 4.83. The van der Waals surface area contributed by atoms with Crippen molar-refractivity contribution in [2.24, 2.45) is 10.9 Å². The van der Waals surface area contributed by atoms with Crippen molar-refractivity contribution in [3.05, 3.63) is 18.0 Å². The van der Waals surface area contributed by atoms with Crippen LogP contribution in [0.1, 0.15) is 32.4 Å². The fraction of sp³-hybridized carbons (Fsp3) is 0.692. The fourth-order valence-electron chi connectivity index (χ4n) is 2.12. The number of piperidine rings is 1. The molecule has 0 spiro atoms. The van der Waals surface area contributed by atoms with Crippen molar-refractivity contribution in [1.82, 2.24) is 15.4 Å². The lowest BCUT2D eigenvalue weighted by atomic mass is 10.00. The van der Waals surface area contributed by atoms with E-state index in [1.165, 1.54) is 12.8 Å². The summed E-state index contributed by atoms with van der Waals surface area (Å²) in [4.78, 5) is 6.95. The first-order valence-electron chi connectivity index (χ1n) is 6.72. The standard InChI is InChI=1S/C13H22N4O/c1-3-14-13(15-10-12-6-9-18-16-12)17-7-4-11(2)5-8-17/h6,9,11H,3-5,7-8,10H2,1-2H3,(H,14,15). The van der Waals surface area contributed by atoms with Gasteiger partial charge in [0, 0.05) is 25.7 Å². The van der Waals surface area contributed by atoms with Gasteiger partial charge in [-0.2, -0.15) is 0 Å². The van der Waals surface area contributed by atoms with E-state index in [-0.39, 0.29) is 0 Å². The SMILES string of the molecule is CCNC(=NCc1ccon1)N1CCC(C)CC1. The van der Waals surface area contributed by atoms with E-state index in [0.29, 0.717) is 6.54 Å². The molecule has 1 aliphatic rings. The van der Waals surface area contributed by atoms with E-state index in [2.05, 4.69) is 34.2 Å². The van der Waals surface area contributed by atoms with Crippen molar-refractivity contribution in [2.75, 3.05) is 19.6 Å². The Morgan fingerprint density at radius 1 is 1.56 bits per heavy atom. The van der Waals surface area contributed by atoms with Crippen LogP contribution in [0.5, 0.6) is 0 Å². The minimum Gasteiger partial charge on any atom is -0.364 e. The van der Waals surface area contributed by atoms with Crippen molar-refractivity contribution in [3.8, 4) is 0 Å². The highest BCUT2D eigenvalue weighted by Gasteiger charge is 2.18.